The van der Waals surface area contributed by atoms with Crippen LogP contribution < -0.4 is 5.73 Å². The number of nitrogens with zero attached hydrogens (tertiary/aromatic N) is 3. The van der Waals surface area contributed by atoms with Crippen LogP contribution in [0, 0.1) is 0 Å². The van der Waals surface area contributed by atoms with Crippen LogP contribution in [0.3, 0.4) is 0 Å². The summed E-state index contributed by atoms with van der Waals surface area (Å²) in [4.78, 5) is 32.4. The minimum Gasteiger partial charge on any atom is -0.366 e. The first-order valence-electron chi connectivity index (χ1n) is 10.1. The van der Waals surface area contributed by atoms with Crippen molar-refractivity contribution in [3.63, 3.8) is 0 Å². The topological polar surface area (TPSA) is 79.5 Å². The zero-order chi connectivity index (χ0) is 20.6. The summed E-state index contributed by atoms with van der Waals surface area (Å²) in [7, 11) is 0. The van der Waals surface area contributed by atoms with E-state index in [9.17, 15) is 9.59 Å². The third-order valence-corrected chi connectivity index (χ3v) is 5.97. The van der Waals surface area contributed by atoms with Crippen molar-refractivity contribution in [1.29, 1.82) is 0 Å². The average Bonchev–Trinajstić information content (AvgIpc) is 2.74. The summed E-state index contributed by atoms with van der Waals surface area (Å²) >= 11 is 3.47. The van der Waals surface area contributed by atoms with Gasteiger partial charge < -0.3 is 10.6 Å². The number of aryl methyl sites for hydroxylation is 1. The van der Waals surface area contributed by atoms with E-state index in [1.165, 1.54) is 0 Å². The van der Waals surface area contributed by atoms with E-state index in [2.05, 4.69) is 25.8 Å². The molecule has 1 aromatic carbocycles. The summed E-state index contributed by atoms with van der Waals surface area (Å²) in [6, 6.07) is 11.2. The maximum Gasteiger partial charge on any atom is 0.255 e. The van der Waals surface area contributed by atoms with Crippen LogP contribution in [0.15, 0.2) is 47.1 Å². The highest BCUT2D eigenvalue weighted by Crippen LogP contribution is 2.19. The van der Waals surface area contributed by atoms with Gasteiger partial charge in [0.15, 0.2) is 0 Å². The zero-order valence-electron chi connectivity index (χ0n) is 16.5. The monoisotopic (exact) mass is 458 g/mol. The summed E-state index contributed by atoms with van der Waals surface area (Å²) in [5.41, 5.74) is 7.41. The zero-order valence-corrected chi connectivity index (χ0v) is 18.1. The molecule has 2 N–H and O–H groups in total. The number of carbonyl (C=O) groups excluding carboxylic acids is 2. The molecular formula is C22H27BrN4O2. The lowest BCUT2D eigenvalue weighted by Gasteiger charge is -2.35. The van der Waals surface area contributed by atoms with Crippen LogP contribution in [0.5, 0.6) is 0 Å². The molecule has 29 heavy (non-hydrogen) atoms. The van der Waals surface area contributed by atoms with Crippen molar-refractivity contribution in [1.82, 2.24) is 14.8 Å². The molecule has 0 unspecified atom stereocenters. The van der Waals surface area contributed by atoms with E-state index in [0.29, 0.717) is 5.56 Å². The molecule has 1 aromatic heterocycles. The number of pyridine rings is 1. The summed E-state index contributed by atoms with van der Waals surface area (Å²) in [6.07, 6.45) is 5.80. The second-order valence-corrected chi connectivity index (χ2v) is 8.18. The van der Waals surface area contributed by atoms with Crippen LogP contribution >= 0.6 is 15.9 Å². The molecule has 0 aliphatic carbocycles. The second kappa shape index (κ2) is 10.5. The summed E-state index contributed by atoms with van der Waals surface area (Å²) < 4.78 is 0.853. The lowest BCUT2D eigenvalue weighted by Crippen LogP contribution is -2.48. The molecule has 154 valence electrons. The Kier molecular flexibility index (Phi) is 7.77. The first-order valence-corrected chi connectivity index (χ1v) is 10.8. The number of hydrogen-bond acceptors (Lipinski definition) is 4. The summed E-state index contributed by atoms with van der Waals surface area (Å²) in [6.45, 7) is 4.45. The minimum atomic E-state index is -0.442. The molecule has 0 bridgehead atoms. The van der Waals surface area contributed by atoms with Gasteiger partial charge in [0.05, 0.1) is 11.1 Å². The Morgan fingerprint density at radius 3 is 2.41 bits per heavy atom. The van der Waals surface area contributed by atoms with Crippen LogP contribution in [0.4, 0.5) is 0 Å². The first kappa shape index (κ1) is 21.5. The predicted molar refractivity (Wildman–Crippen MR) is 117 cm³/mol. The van der Waals surface area contributed by atoms with E-state index >= 15 is 0 Å². The number of amides is 2. The molecule has 1 aliphatic rings. The molecule has 0 radical (unpaired) electrons. The quantitative estimate of drug-likeness (QED) is 0.616. The molecule has 0 atom stereocenters. The van der Waals surface area contributed by atoms with Crippen molar-refractivity contribution in [2.45, 2.75) is 25.7 Å². The highest BCUT2D eigenvalue weighted by atomic mass is 79.9. The summed E-state index contributed by atoms with van der Waals surface area (Å²) in [5.74, 6) is -0.339. The Bertz CT molecular complexity index is 833. The van der Waals surface area contributed by atoms with E-state index in [0.717, 1.165) is 74.1 Å². The largest absolute Gasteiger partial charge is 0.366 e. The Labute approximate surface area is 180 Å². The molecule has 6 nitrogen and oxygen atoms in total. The molecule has 3 rings (SSSR count). The van der Waals surface area contributed by atoms with Crippen molar-refractivity contribution in [3.8, 4) is 0 Å². The highest BCUT2D eigenvalue weighted by Gasteiger charge is 2.22. The van der Waals surface area contributed by atoms with Crippen LogP contribution in [0.1, 0.15) is 45.7 Å². The lowest BCUT2D eigenvalue weighted by molar-refractivity contribution is 0.0634. The minimum absolute atomic E-state index is 0.104. The number of nitrogens with two attached hydrogens (primary N) is 1. The fourth-order valence-electron chi connectivity index (χ4n) is 3.52. The number of primary amides is 1. The van der Waals surface area contributed by atoms with E-state index in [1.54, 1.807) is 12.3 Å². The Morgan fingerprint density at radius 1 is 1.00 bits per heavy atom. The second-order valence-electron chi connectivity index (χ2n) is 7.33. The average molecular weight is 459 g/mol. The predicted octanol–water partition coefficient (Wildman–Crippen LogP) is 3.11. The molecule has 1 saturated heterocycles. The molecule has 0 spiro atoms. The van der Waals surface area contributed by atoms with E-state index in [4.69, 9.17) is 5.73 Å². The van der Waals surface area contributed by atoms with Gasteiger partial charge in [-0.3, -0.25) is 19.5 Å². The van der Waals surface area contributed by atoms with Gasteiger partial charge in [-0.15, -0.1) is 0 Å². The van der Waals surface area contributed by atoms with Crippen LogP contribution in [-0.4, -0.2) is 59.3 Å². The smallest absolute Gasteiger partial charge is 0.255 e. The van der Waals surface area contributed by atoms with E-state index < -0.39 is 5.91 Å². The van der Waals surface area contributed by atoms with Gasteiger partial charge in [-0.2, -0.15) is 0 Å². The van der Waals surface area contributed by atoms with Gasteiger partial charge in [-0.25, -0.2) is 0 Å². The number of unbranched alkanes of at least 4 members (excludes halogenated alkanes) is 2. The Hall–Kier alpha value is -2.25. The van der Waals surface area contributed by atoms with Crippen molar-refractivity contribution in [2.24, 2.45) is 5.73 Å². The van der Waals surface area contributed by atoms with Gasteiger partial charge in [-0.1, -0.05) is 18.6 Å². The number of aromatic nitrogens is 1. The highest BCUT2D eigenvalue weighted by molar-refractivity contribution is 9.10. The maximum atomic E-state index is 12.7. The summed E-state index contributed by atoms with van der Waals surface area (Å²) in [5, 5.41) is 0. The van der Waals surface area contributed by atoms with Crippen molar-refractivity contribution >= 4 is 27.7 Å². The number of halogens is 1. The molecular weight excluding hydrogens is 432 g/mol. The molecule has 1 fully saturated rings. The van der Waals surface area contributed by atoms with Crippen LogP contribution in [0.25, 0.3) is 0 Å². The molecule has 2 amide bonds. The fraction of sp³-hybridized carbons (Fsp3) is 0.409. The lowest BCUT2D eigenvalue weighted by atomic mass is 10.1. The van der Waals surface area contributed by atoms with Crippen molar-refractivity contribution < 1.29 is 9.59 Å². The van der Waals surface area contributed by atoms with Gasteiger partial charge >= 0.3 is 0 Å². The van der Waals surface area contributed by atoms with Gasteiger partial charge in [-0.05, 0) is 66.0 Å². The number of carbonyl (C=O) groups is 2. The standard InChI is InChI=1S/C22H27BrN4O2/c23-20-8-4-3-7-19(20)22(29)27-14-12-26(13-15-27)11-5-1-2-6-18-10-9-17(16-25-18)21(24)28/h3-4,7-10,16H,1-2,5-6,11-15H2,(H2,24,28). The molecule has 1 aliphatic heterocycles. The van der Waals surface area contributed by atoms with Crippen LogP contribution in [-0.2, 0) is 6.42 Å². The van der Waals surface area contributed by atoms with Gasteiger partial charge in [0.1, 0.15) is 0 Å². The van der Waals surface area contributed by atoms with Crippen molar-refractivity contribution in [2.75, 3.05) is 32.7 Å². The first-order chi connectivity index (χ1) is 14.0. The number of rotatable bonds is 8. The molecule has 2 aromatic rings. The van der Waals surface area contributed by atoms with Crippen molar-refractivity contribution in [3.05, 3.63) is 63.9 Å². The van der Waals surface area contributed by atoms with E-state index in [1.807, 2.05) is 35.2 Å². The Morgan fingerprint density at radius 2 is 1.76 bits per heavy atom. The Balaban J connectivity index is 1.32. The maximum absolute atomic E-state index is 12.7. The van der Waals surface area contributed by atoms with Gasteiger partial charge in [0, 0.05) is 42.5 Å². The van der Waals surface area contributed by atoms with E-state index in [-0.39, 0.29) is 5.91 Å². The third kappa shape index (κ3) is 6.11. The molecule has 0 saturated carbocycles. The van der Waals surface area contributed by atoms with Crippen LogP contribution in [0.2, 0.25) is 0 Å². The van der Waals surface area contributed by atoms with Gasteiger partial charge in [0.25, 0.3) is 5.91 Å². The van der Waals surface area contributed by atoms with Gasteiger partial charge in [0.2, 0.25) is 5.91 Å². The normalized spacial score (nSPS) is 14.7. The fourth-order valence-corrected chi connectivity index (χ4v) is 3.97. The number of hydrogen-bond donors (Lipinski definition) is 1. The number of benzene rings is 1. The number of piperazine rings is 1. The molecule has 2 heterocycles. The third-order valence-electron chi connectivity index (χ3n) is 5.28. The molecule has 7 heteroatoms. The SMILES string of the molecule is NC(=O)c1ccc(CCCCCN2CCN(C(=O)c3ccccc3Br)CC2)nc1.